The van der Waals surface area contributed by atoms with E-state index >= 15 is 0 Å². The molecule has 2 rings (SSSR count). The molecule has 0 aliphatic carbocycles. The minimum atomic E-state index is -0.696. The molecular weight excluding hydrogens is 250 g/mol. The van der Waals surface area contributed by atoms with Crippen LogP contribution in [0.5, 0.6) is 0 Å². The van der Waals surface area contributed by atoms with Crippen molar-refractivity contribution in [2.24, 2.45) is 0 Å². The summed E-state index contributed by atoms with van der Waals surface area (Å²) in [6.07, 6.45) is 0.499. The zero-order valence-corrected chi connectivity index (χ0v) is 10.1. The molecule has 1 amide bonds. The van der Waals surface area contributed by atoms with Gasteiger partial charge in [0.2, 0.25) is 5.95 Å². The second-order valence-electron chi connectivity index (χ2n) is 3.98. The molecule has 19 heavy (non-hydrogen) atoms. The molecule has 2 aromatic rings. The average molecular weight is 262 g/mol. The number of carbonyl (C=O) groups is 1. The molecule has 1 aromatic carbocycles. The summed E-state index contributed by atoms with van der Waals surface area (Å²) in [5, 5.41) is 2.60. The van der Waals surface area contributed by atoms with Crippen molar-refractivity contribution in [1.29, 1.82) is 0 Å². The second-order valence-corrected chi connectivity index (χ2v) is 3.98. The Morgan fingerprint density at radius 3 is 2.68 bits per heavy atom. The smallest absolute Gasteiger partial charge is 0.270 e. The standard InChI is InChI=1S/C14H12F2N2O/c15-11-4-1-3-10(9-11)7-8-17-14(19)12-5-2-6-13(16)18-12/h1-6,9H,7-8H2,(H,17,19). The highest BCUT2D eigenvalue weighted by Crippen LogP contribution is 2.04. The number of pyridine rings is 1. The summed E-state index contributed by atoms with van der Waals surface area (Å²) < 4.78 is 25.7. The van der Waals surface area contributed by atoms with Crippen molar-refractivity contribution in [2.75, 3.05) is 6.54 Å². The van der Waals surface area contributed by atoms with Crippen molar-refractivity contribution < 1.29 is 13.6 Å². The Morgan fingerprint density at radius 2 is 1.95 bits per heavy atom. The van der Waals surface area contributed by atoms with Crippen LogP contribution in [0.15, 0.2) is 42.5 Å². The number of hydrogen-bond acceptors (Lipinski definition) is 2. The van der Waals surface area contributed by atoms with Crippen LogP contribution in [0.2, 0.25) is 0 Å². The lowest BCUT2D eigenvalue weighted by Crippen LogP contribution is -2.26. The Morgan fingerprint density at radius 1 is 1.16 bits per heavy atom. The molecule has 1 N–H and O–H groups in total. The number of benzene rings is 1. The highest BCUT2D eigenvalue weighted by atomic mass is 19.1. The molecule has 0 spiro atoms. The van der Waals surface area contributed by atoms with E-state index in [1.165, 1.54) is 30.3 Å². The van der Waals surface area contributed by atoms with Crippen molar-refractivity contribution in [2.45, 2.75) is 6.42 Å². The Kier molecular flexibility index (Phi) is 4.18. The van der Waals surface area contributed by atoms with E-state index in [4.69, 9.17) is 0 Å². The topological polar surface area (TPSA) is 42.0 Å². The zero-order valence-electron chi connectivity index (χ0n) is 10.1. The highest BCUT2D eigenvalue weighted by Gasteiger charge is 2.07. The number of rotatable bonds is 4. The van der Waals surface area contributed by atoms with Gasteiger partial charge in [0.05, 0.1) is 0 Å². The maximum atomic E-state index is 12.9. The SMILES string of the molecule is O=C(NCCc1cccc(F)c1)c1cccc(F)n1. The first-order valence-corrected chi connectivity index (χ1v) is 5.80. The Bertz CT molecular complexity index is 587. The predicted molar refractivity (Wildman–Crippen MR) is 66.6 cm³/mol. The fourth-order valence-electron chi connectivity index (χ4n) is 1.64. The van der Waals surface area contributed by atoms with E-state index < -0.39 is 11.9 Å². The predicted octanol–water partition coefficient (Wildman–Crippen LogP) is 2.33. The van der Waals surface area contributed by atoms with E-state index in [1.807, 2.05) is 0 Å². The van der Waals surface area contributed by atoms with E-state index in [0.717, 1.165) is 5.56 Å². The number of halogens is 2. The minimum absolute atomic E-state index is 0.0271. The van der Waals surface area contributed by atoms with Crippen LogP contribution in [0.3, 0.4) is 0 Å². The van der Waals surface area contributed by atoms with Crippen molar-refractivity contribution in [1.82, 2.24) is 10.3 Å². The monoisotopic (exact) mass is 262 g/mol. The van der Waals surface area contributed by atoms with E-state index in [2.05, 4.69) is 10.3 Å². The molecule has 0 radical (unpaired) electrons. The summed E-state index contributed by atoms with van der Waals surface area (Å²) in [4.78, 5) is 15.1. The number of nitrogens with one attached hydrogen (secondary N) is 1. The Balaban J connectivity index is 1.87. The molecule has 3 nitrogen and oxygen atoms in total. The maximum absolute atomic E-state index is 12.9. The van der Waals surface area contributed by atoms with Crippen LogP contribution in [0.1, 0.15) is 16.1 Å². The van der Waals surface area contributed by atoms with Gasteiger partial charge >= 0.3 is 0 Å². The Labute approximate surface area is 109 Å². The third-order valence-electron chi connectivity index (χ3n) is 2.54. The number of aromatic nitrogens is 1. The summed E-state index contributed by atoms with van der Waals surface area (Å²) in [6.45, 7) is 0.334. The summed E-state index contributed by atoms with van der Waals surface area (Å²) >= 11 is 0. The van der Waals surface area contributed by atoms with Crippen LogP contribution >= 0.6 is 0 Å². The van der Waals surface area contributed by atoms with Crippen LogP contribution < -0.4 is 5.32 Å². The summed E-state index contributed by atoms with van der Waals surface area (Å²) in [5.41, 5.74) is 0.812. The van der Waals surface area contributed by atoms with Crippen LogP contribution in [0.25, 0.3) is 0 Å². The summed E-state index contributed by atoms with van der Waals surface area (Å²) in [5.74, 6) is -1.45. The maximum Gasteiger partial charge on any atom is 0.270 e. The van der Waals surface area contributed by atoms with Gasteiger partial charge in [0, 0.05) is 6.54 Å². The fraction of sp³-hybridized carbons (Fsp3) is 0.143. The quantitative estimate of drug-likeness (QED) is 0.859. The normalized spacial score (nSPS) is 10.2. The van der Waals surface area contributed by atoms with Gasteiger partial charge in [-0.05, 0) is 36.2 Å². The molecule has 0 unspecified atom stereocenters. The number of hydrogen-bond donors (Lipinski definition) is 1. The largest absolute Gasteiger partial charge is 0.350 e. The average Bonchev–Trinajstić information content (AvgIpc) is 2.38. The van der Waals surface area contributed by atoms with Crippen molar-refractivity contribution >= 4 is 5.91 Å². The molecule has 0 bridgehead atoms. The van der Waals surface area contributed by atoms with Crippen molar-refractivity contribution in [3.63, 3.8) is 0 Å². The second kappa shape index (κ2) is 6.04. The number of amides is 1. The van der Waals surface area contributed by atoms with Crippen molar-refractivity contribution in [3.8, 4) is 0 Å². The van der Waals surface area contributed by atoms with Gasteiger partial charge < -0.3 is 5.32 Å². The molecule has 1 heterocycles. The molecule has 98 valence electrons. The first kappa shape index (κ1) is 13.1. The van der Waals surface area contributed by atoms with Crippen LogP contribution in [-0.2, 0) is 6.42 Å². The van der Waals surface area contributed by atoms with Crippen LogP contribution in [0.4, 0.5) is 8.78 Å². The van der Waals surface area contributed by atoms with Gasteiger partial charge in [-0.2, -0.15) is 4.39 Å². The number of carbonyl (C=O) groups excluding carboxylic acids is 1. The zero-order chi connectivity index (χ0) is 13.7. The molecule has 0 saturated carbocycles. The summed E-state index contributed by atoms with van der Waals surface area (Å²) in [7, 11) is 0. The van der Waals surface area contributed by atoms with Crippen molar-refractivity contribution in [3.05, 3.63) is 65.5 Å². The summed E-state index contributed by atoms with van der Waals surface area (Å²) in [6, 6.07) is 10.2. The molecule has 0 saturated heterocycles. The third kappa shape index (κ3) is 3.84. The third-order valence-corrected chi connectivity index (χ3v) is 2.54. The van der Waals surface area contributed by atoms with Gasteiger partial charge in [-0.1, -0.05) is 18.2 Å². The van der Waals surface area contributed by atoms with Gasteiger partial charge in [-0.3, -0.25) is 4.79 Å². The van der Waals surface area contributed by atoms with Gasteiger partial charge in [0.15, 0.2) is 0 Å². The van der Waals surface area contributed by atoms with Gasteiger partial charge in [-0.15, -0.1) is 0 Å². The molecule has 1 aromatic heterocycles. The lowest BCUT2D eigenvalue weighted by Gasteiger charge is -2.05. The molecule has 0 fully saturated rings. The highest BCUT2D eigenvalue weighted by molar-refractivity contribution is 5.92. The first-order valence-electron chi connectivity index (χ1n) is 5.80. The molecular formula is C14H12F2N2O. The van der Waals surface area contributed by atoms with E-state index in [0.29, 0.717) is 13.0 Å². The lowest BCUT2D eigenvalue weighted by atomic mass is 10.1. The van der Waals surface area contributed by atoms with Gasteiger partial charge in [0.25, 0.3) is 5.91 Å². The van der Waals surface area contributed by atoms with E-state index in [-0.39, 0.29) is 11.5 Å². The molecule has 0 aliphatic heterocycles. The lowest BCUT2D eigenvalue weighted by molar-refractivity contribution is 0.0948. The van der Waals surface area contributed by atoms with Gasteiger partial charge in [-0.25, -0.2) is 9.37 Å². The minimum Gasteiger partial charge on any atom is -0.350 e. The van der Waals surface area contributed by atoms with Gasteiger partial charge in [0.1, 0.15) is 11.5 Å². The van der Waals surface area contributed by atoms with Crippen LogP contribution in [0, 0.1) is 11.8 Å². The van der Waals surface area contributed by atoms with Crippen LogP contribution in [-0.4, -0.2) is 17.4 Å². The number of nitrogens with zero attached hydrogens (tertiary/aromatic N) is 1. The molecule has 0 aliphatic rings. The van der Waals surface area contributed by atoms with E-state index in [9.17, 15) is 13.6 Å². The first-order chi connectivity index (χ1) is 9.15. The Hall–Kier alpha value is -2.30. The van der Waals surface area contributed by atoms with E-state index in [1.54, 1.807) is 12.1 Å². The molecule has 5 heteroatoms. The molecule has 0 atom stereocenters. The fourth-order valence-corrected chi connectivity index (χ4v) is 1.64.